The number of hydrogen-bond acceptors (Lipinski definition) is 4. The van der Waals surface area contributed by atoms with Crippen LogP contribution in [0.15, 0.2) is 77.3 Å². The quantitative estimate of drug-likeness (QED) is 0.389. The number of aromatic amines is 1. The molecule has 0 saturated heterocycles. The summed E-state index contributed by atoms with van der Waals surface area (Å²) in [5.41, 5.74) is 6.69. The van der Waals surface area contributed by atoms with Crippen LogP contribution in [-0.2, 0) is 0 Å². The Labute approximate surface area is 187 Å². The van der Waals surface area contributed by atoms with Crippen molar-refractivity contribution in [3.8, 4) is 0 Å². The Morgan fingerprint density at radius 2 is 1.94 bits per heavy atom. The van der Waals surface area contributed by atoms with E-state index >= 15 is 0 Å². The van der Waals surface area contributed by atoms with Gasteiger partial charge in [-0.15, -0.1) is 0 Å². The van der Waals surface area contributed by atoms with Crippen LogP contribution in [0.5, 0.6) is 0 Å². The van der Waals surface area contributed by atoms with Crippen LogP contribution in [0.3, 0.4) is 0 Å². The van der Waals surface area contributed by atoms with E-state index in [1.165, 1.54) is 0 Å². The molecule has 1 aliphatic heterocycles. The molecule has 0 amide bonds. The number of rotatable bonds is 5. The fraction of sp³-hybridized carbons (Fsp3) is 0.269. The van der Waals surface area contributed by atoms with Gasteiger partial charge in [0.2, 0.25) is 0 Å². The lowest BCUT2D eigenvalue weighted by molar-refractivity contribution is 1.09. The van der Waals surface area contributed by atoms with Crippen LogP contribution in [0.1, 0.15) is 59.1 Å². The van der Waals surface area contributed by atoms with Gasteiger partial charge in [-0.2, -0.15) is 5.10 Å². The van der Waals surface area contributed by atoms with Gasteiger partial charge in [-0.05, 0) is 51.5 Å². The number of benzene rings is 1. The second-order valence-corrected chi connectivity index (χ2v) is 6.51. The lowest BCUT2D eigenvalue weighted by atomic mass is 10.1. The van der Waals surface area contributed by atoms with Crippen LogP contribution in [0.2, 0.25) is 0 Å². The molecule has 1 aliphatic rings. The standard InChI is InChI=1S/C20H21N5.C4H8.C2H6/c1-14(18-12-23-24-13-18)11-22-15(2)16(3)25-19-7-8-20-17(10-19)6-4-5-9-21-20;1-3-4-2;1-2/h4,6-13,25H,3,5H2,1-2H3,(H,23,24);3-4H,1-2H3;1-2H3/b14-11+,22-15?;4-3-;. The van der Waals surface area contributed by atoms with Crippen molar-refractivity contribution < 1.29 is 0 Å². The number of fused-ring (bicyclic) bond motifs is 1. The average molecular weight is 418 g/mol. The second kappa shape index (κ2) is 14.5. The maximum absolute atomic E-state index is 4.49. The van der Waals surface area contributed by atoms with Crippen molar-refractivity contribution >= 4 is 35.0 Å². The molecule has 164 valence electrons. The first-order valence-electron chi connectivity index (χ1n) is 10.6. The topological polar surface area (TPSA) is 65.4 Å². The van der Waals surface area contributed by atoms with E-state index in [0.29, 0.717) is 0 Å². The van der Waals surface area contributed by atoms with Crippen LogP contribution in [0, 0.1) is 0 Å². The zero-order valence-corrected chi connectivity index (χ0v) is 19.6. The van der Waals surface area contributed by atoms with Gasteiger partial charge in [0.15, 0.2) is 0 Å². The summed E-state index contributed by atoms with van der Waals surface area (Å²) in [5.74, 6) is 0. The minimum atomic E-state index is 0.761. The van der Waals surface area contributed by atoms with Gasteiger partial charge in [-0.25, -0.2) is 0 Å². The zero-order valence-electron chi connectivity index (χ0n) is 19.6. The van der Waals surface area contributed by atoms with Gasteiger partial charge in [-0.3, -0.25) is 15.1 Å². The number of aliphatic imine (C=N–C) groups is 2. The highest BCUT2D eigenvalue weighted by atomic mass is 15.1. The van der Waals surface area contributed by atoms with E-state index in [2.05, 4.69) is 50.3 Å². The summed E-state index contributed by atoms with van der Waals surface area (Å²) in [4.78, 5) is 8.93. The molecule has 1 aromatic heterocycles. The zero-order chi connectivity index (χ0) is 23.1. The number of hydrogen-bond donors (Lipinski definition) is 2. The number of allylic oxidation sites excluding steroid dienone is 5. The molecule has 3 rings (SSSR count). The fourth-order valence-corrected chi connectivity index (χ4v) is 2.37. The number of H-pyrrole nitrogens is 1. The van der Waals surface area contributed by atoms with Gasteiger partial charge in [0.05, 0.1) is 23.3 Å². The van der Waals surface area contributed by atoms with E-state index in [-0.39, 0.29) is 0 Å². The Bertz CT molecular complexity index is 954. The van der Waals surface area contributed by atoms with E-state index in [9.17, 15) is 0 Å². The van der Waals surface area contributed by atoms with Crippen LogP contribution < -0.4 is 5.32 Å². The Kier molecular flexibility index (Phi) is 12.0. The van der Waals surface area contributed by atoms with Crippen LogP contribution in [0.25, 0.3) is 11.6 Å². The Morgan fingerprint density at radius 1 is 1.19 bits per heavy atom. The maximum atomic E-state index is 4.49. The normalized spacial score (nSPS) is 12.8. The first-order valence-corrected chi connectivity index (χ1v) is 10.6. The van der Waals surface area contributed by atoms with Crippen molar-refractivity contribution in [2.45, 2.75) is 48.0 Å². The van der Waals surface area contributed by atoms with Crippen molar-refractivity contribution in [3.05, 3.63) is 78.4 Å². The molecular weight excluding hydrogens is 382 g/mol. The molecule has 5 nitrogen and oxygen atoms in total. The largest absolute Gasteiger partial charge is 0.355 e. The number of nitrogens with zero attached hydrogens (tertiary/aromatic N) is 3. The van der Waals surface area contributed by atoms with Gasteiger partial charge >= 0.3 is 0 Å². The summed E-state index contributed by atoms with van der Waals surface area (Å²) in [6.45, 7) is 16.0. The molecule has 0 unspecified atom stereocenters. The van der Waals surface area contributed by atoms with Crippen molar-refractivity contribution in [1.29, 1.82) is 0 Å². The van der Waals surface area contributed by atoms with Crippen molar-refractivity contribution in [1.82, 2.24) is 10.2 Å². The van der Waals surface area contributed by atoms with Crippen molar-refractivity contribution in [3.63, 3.8) is 0 Å². The molecule has 0 radical (unpaired) electrons. The van der Waals surface area contributed by atoms with Crippen LogP contribution in [0.4, 0.5) is 11.4 Å². The Morgan fingerprint density at radius 3 is 2.58 bits per heavy atom. The molecule has 2 N–H and O–H groups in total. The minimum Gasteiger partial charge on any atom is -0.355 e. The predicted molar refractivity (Wildman–Crippen MR) is 138 cm³/mol. The van der Waals surface area contributed by atoms with E-state index in [1.54, 1.807) is 6.20 Å². The SMILES string of the molecule is C/C=C\C.C=C(Nc1ccc2c(c1)C=CCC=N2)C(C)=N/C=C(\C)c1cn[nH]c1.CC. The molecule has 31 heavy (non-hydrogen) atoms. The van der Waals surface area contributed by atoms with E-state index < -0.39 is 0 Å². The van der Waals surface area contributed by atoms with Gasteiger partial charge in [-0.1, -0.05) is 44.7 Å². The third-order valence-corrected chi connectivity index (χ3v) is 4.27. The first-order chi connectivity index (χ1) is 15.0. The monoisotopic (exact) mass is 417 g/mol. The van der Waals surface area contributed by atoms with E-state index in [0.717, 1.165) is 45.9 Å². The highest BCUT2D eigenvalue weighted by Gasteiger charge is 2.04. The second-order valence-electron chi connectivity index (χ2n) is 6.51. The highest BCUT2D eigenvalue weighted by molar-refractivity contribution is 6.01. The third-order valence-electron chi connectivity index (χ3n) is 4.27. The molecule has 5 heteroatoms. The summed E-state index contributed by atoms with van der Waals surface area (Å²) < 4.78 is 0. The highest BCUT2D eigenvalue weighted by Crippen LogP contribution is 2.26. The minimum absolute atomic E-state index is 0.761. The average Bonchev–Trinajstić information content (AvgIpc) is 3.25. The third kappa shape index (κ3) is 8.83. The van der Waals surface area contributed by atoms with Crippen molar-refractivity contribution in [2.75, 3.05) is 5.32 Å². The number of aromatic nitrogens is 2. The van der Waals surface area contributed by atoms with Gasteiger partial charge < -0.3 is 5.32 Å². The van der Waals surface area contributed by atoms with Crippen LogP contribution >= 0.6 is 0 Å². The smallest absolute Gasteiger partial charge is 0.0699 e. The predicted octanol–water partition coefficient (Wildman–Crippen LogP) is 7.59. The van der Waals surface area contributed by atoms with Crippen LogP contribution in [-0.4, -0.2) is 22.1 Å². The molecule has 0 bridgehead atoms. The molecule has 1 aromatic carbocycles. The molecule has 0 fully saturated rings. The van der Waals surface area contributed by atoms with Gasteiger partial charge in [0, 0.05) is 41.8 Å². The van der Waals surface area contributed by atoms with Gasteiger partial charge in [0.1, 0.15) is 0 Å². The number of anilines is 1. The molecule has 2 aromatic rings. The maximum Gasteiger partial charge on any atom is 0.0699 e. The summed E-state index contributed by atoms with van der Waals surface area (Å²) >= 11 is 0. The molecular formula is C26H35N5. The summed E-state index contributed by atoms with van der Waals surface area (Å²) in [5, 5.41) is 10.1. The van der Waals surface area contributed by atoms with Gasteiger partial charge in [0.25, 0.3) is 0 Å². The molecule has 0 saturated carbocycles. The summed E-state index contributed by atoms with van der Waals surface area (Å²) in [6, 6.07) is 6.08. The van der Waals surface area contributed by atoms with Crippen molar-refractivity contribution in [2.24, 2.45) is 9.98 Å². The Balaban J connectivity index is 0.000000720. The van der Waals surface area contributed by atoms with E-state index in [1.807, 2.05) is 84.4 Å². The summed E-state index contributed by atoms with van der Waals surface area (Å²) in [6.07, 6.45) is 16.4. The molecule has 2 heterocycles. The summed E-state index contributed by atoms with van der Waals surface area (Å²) in [7, 11) is 0. The fourth-order valence-electron chi connectivity index (χ4n) is 2.37. The molecule has 0 spiro atoms. The lowest BCUT2D eigenvalue weighted by Gasteiger charge is -2.11. The van der Waals surface area contributed by atoms with E-state index in [4.69, 9.17) is 0 Å². The molecule has 0 aliphatic carbocycles. The first kappa shape index (κ1) is 25.6. The number of nitrogens with one attached hydrogen (secondary N) is 2. The lowest BCUT2D eigenvalue weighted by Crippen LogP contribution is -2.06. The molecule has 0 atom stereocenters. The Hall–Kier alpha value is -3.47.